The van der Waals surface area contributed by atoms with E-state index in [9.17, 15) is 13.2 Å². The number of aliphatic hydroxyl groups excluding tert-OH is 1. The zero-order valence-corrected chi connectivity index (χ0v) is 18.6. The second-order valence-corrected chi connectivity index (χ2v) is 9.97. The maximum absolute atomic E-state index is 11.8. The van der Waals surface area contributed by atoms with Crippen LogP contribution in [-0.2, 0) is 14.8 Å². The molecule has 0 radical (unpaired) electrons. The van der Waals surface area contributed by atoms with Gasteiger partial charge in [-0.15, -0.1) is 0 Å². The molecule has 1 saturated heterocycles. The summed E-state index contributed by atoms with van der Waals surface area (Å²) in [6.45, 7) is 0.428. The van der Waals surface area contributed by atoms with Gasteiger partial charge in [-0.3, -0.25) is 9.78 Å². The summed E-state index contributed by atoms with van der Waals surface area (Å²) in [5.74, 6) is -0.463. The Labute approximate surface area is 187 Å². The summed E-state index contributed by atoms with van der Waals surface area (Å²) in [4.78, 5) is 15.8. The van der Waals surface area contributed by atoms with E-state index in [1.165, 1.54) is 10.6 Å². The summed E-state index contributed by atoms with van der Waals surface area (Å²) >= 11 is 0. The van der Waals surface area contributed by atoms with Crippen molar-refractivity contribution in [1.29, 1.82) is 0 Å². The normalized spacial score (nSPS) is 15.6. The number of amides is 1. The number of nitrogens with one attached hydrogen (secondary N) is 2. The van der Waals surface area contributed by atoms with E-state index >= 15 is 0 Å². The van der Waals surface area contributed by atoms with Crippen molar-refractivity contribution in [3.63, 3.8) is 0 Å². The van der Waals surface area contributed by atoms with Crippen LogP contribution in [0, 0.1) is 0 Å². The number of rotatable bonds is 6. The van der Waals surface area contributed by atoms with E-state index in [0.29, 0.717) is 18.8 Å². The van der Waals surface area contributed by atoms with Crippen LogP contribution in [0.2, 0.25) is 0 Å². The number of sulfonamides is 1. The highest BCUT2D eigenvalue weighted by Gasteiger charge is 2.25. The third-order valence-corrected chi connectivity index (χ3v) is 6.96. The van der Waals surface area contributed by atoms with Crippen molar-refractivity contribution in [3.8, 4) is 11.1 Å². The van der Waals surface area contributed by atoms with Crippen molar-refractivity contribution in [2.24, 2.45) is 0 Å². The van der Waals surface area contributed by atoms with E-state index in [1.54, 1.807) is 12.3 Å². The molecule has 2 heterocycles. The fourth-order valence-electron chi connectivity index (χ4n) is 4.01. The lowest BCUT2D eigenvalue weighted by atomic mass is 9.99. The van der Waals surface area contributed by atoms with E-state index < -0.39 is 22.5 Å². The molecule has 3 aromatic rings. The van der Waals surface area contributed by atoms with Gasteiger partial charge in [0, 0.05) is 48.3 Å². The SMILES string of the molecule is CS(=O)(=O)N1CCC(Nc2cc(-c3cccc(NC(=O)CO)c3)cc3ccncc23)CC1. The average molecular weight is 455 g/mol. The fraction of sp³-hybridized carbons (Fsp3) is 0.304. The molecule has 2 aromatic carbocycles. The zero-order valence-electron chi connectivity index (χ0n) is 17.8. The smallest absolute Gasteiger partial charge is 0.250 e. The molecule has 3 N–H and O–H groups in total. The third-order valence-electron chi connectivity index (χ3n) is 5.66. The Morgan fingerprint density at radius 2 is 1.94 bits per heavy atom. The largest absolute Gasteiger partial charge is 0.387 e. The first-order valence-corrected chi connectivity index (χ1v) is 12.3. The molecule has 0 bridgehead atoms. The standard InChI is InChI=1S/C23H26N4O4S/c1-32(30,31)27-9-6-19(7-10-27)25-22-13-18(11-17-5-8-24-14-21(17)22)16-3-2-4-20(12-16)26-23(29)15-28/h2-5,8,11-14,19,25,28H,6-7,9-10,15H2,1H3,(H,26,29). The summed E-state index contributed by atoms with van der Waals surface area (Å²) < 4.78 is 25.1. The highest BCUT2D eigenvalue weighted by Crippen LogP contribution is 2.33. The number of benzene rings is 2. The summed E-state index contributed by atoms with van der Waals surface area (Å²) in [5, 5.41) is 17.3. The molecule has 8 nitrogen and oxygen atoms in total. The van der Waals surface area contributed by atoms with Crippen molar-refractivity contribution in [1.82, 2.24) is 9.29 Å². The number of aliphatic hydroxyl groups is 1. The predicted octanol–water partition coefficient (Wildman–Crippen LogP) is 2.67. The molecule has 4 rings (SSSR count). The minimum Gasteiger partial charge on any atom is -0.387 e. The van der Waals surface area contributed by atoms with Crippen LogP contribution in [0.3, 0.4) is 0 Å². The van der Waals surface area contributed by atoms with Gasteiger partial charge >= 0.3 is 0 Å². The minimum absolute atomic E-state index is 0.154. The van der Waals surface area contributed by atoms with Gasteiger partial charge in [0.05, 0.1) is 6.26 Å². The molecule has 1 aromatic heterocycles. The van der Waals surface area contributed by atoms with Crippen LogP contribution in [0.15, 0.2) is 54.9 Å². The monoisotopic (exact) mass is 454 g/mol. The molecule has 168 valence electrons. The van der Waals surface area contributed by atoms with Crippen molar-refractivity contribution in [3.05, 3.63) is 54.9 Å². The molecule has 1 aliphatic heterocycles. The van der Waals surface area contributed by atoms with Gasteiger partial charge in [0.15, 0.2) is 0 Å². The van der Waals surface area contributed by atoms with Crippen LogP contribution in [-0.4, -0.2) is 60.7 Å². The summed E-state index contributed by atoms with van der Waals surface area (Å²) in [7, 11) is -3.16. The molecular weight excluding hydrogens is 428 g/mol. The third kappa shape index (κ3) is 5.07. The summed E-state index contributed by atoms with van der Waals surface area (Å²) in [6, 6.07) is 13.7. The lowest BCUT2D eigenvalue weighted by Crippen LogP contribution is -2.41. The van der Waals surface area contributed by atoms with Gasteiger partial charge in [0.25, 0.3) is 0 Å². The number of carbonyl (C=O) groups excluding carboxylic acids is 1. The first kappa shape index (κ1) is 22.2. The Hall–Kier alpha value is -3.01. The first-order valence-electron chi connectivity index (χ1n) is 10.4. The molecule has 0 saturated carbocycles. The van der Waals surface area contributed by atoms with Crippen LogP contribution < -0.4 is 10.6 Å². The topological polar surface area (TPSA) is 112 Å². The van der Waals surface area contributed by atoms with Crippen molar-refractivity contribution >= 4 is 38.1 Å². The number of anilines is 2. The van der Waals surface area contributed by atoms with Gasteiger partial charge < -0.3 is 15.7 Å². The van der Waals surface area contributed by atoms with Gasteiger partial charge in [-0.25, -0.2) is 12.7 Å². The highest BCUT2D eigenvalue weighted by atomic mass is 32.2. The van der Waals surface area contributed by atoms with Crippen molar-refractivity contribution in [2.75, 3.05) is 36.6 Å². The Morgan fingerprint density at radius 1 is 1.16 bits per heavy atom. The minimum atomic E-state index is -3.16. The van der Waals surface area contributed by atoms with Gasteiger partial charge in [0.1, 0.15) is 6.61 Å². The molecule has 0 spiro atoms. The van der Waals surface area contributed by atoms with Gasteiger partial charge in [-0.1, -0.05) is 12.1 Å². The zero-order chi connectivity index (χ0) is 22.7. The number of aromatic nitrogens is 1. The molecule has 1 fully saturated rings. The first-order chi connectivity index (χ1) is 15.3. The number of pyridine rings is 1. The molecule has 0 aliphatic carbocycles. The lowest BCUT2D eigenvalue weighted by molar-refractivity contribution is -0.118. The second-order valence-electron chi connectivity index (χ2n) is 7.99. The average Bonchev–Trinajstić information content (AvgIpc) is 2.79. The van der Waals surface area contributed by atoms with Crippen molar-refractivity contribution in [2.45, 2.75) is 18.9 Å². The van der Waals surface area contributed by atoms with Crippen LogP contribution in [0.1, 0.15) is 12.8 Å². The van der Waals surface area contributed by atoms with Crippen LogP contribution >= 0.6 is 0 Å². The van der Waals surface area contributed by atoms with Gasteiger partial charge in [-0.2, -0.15) is 0 Å². The molecular formula is C23H26N4O4S. The van der Waals surface area contributed by atoms with Crippen molar-refractivity contribution < 1.29 is 18.3 Å². The van der Waals surface area contributed by atoms with Gasteiger partial charge in [-0.05, 0) is 59.7 Å². The molecule has 1 amide bonds. The second kappa shape index (κ2) is 9.23. The number of carbonyl (C=O) groups is 1. The lowest BCUT2D eigenvalue weighted by Gasteiger charge is -2.31. The van der Waals surface area contributed by atoms with E-state index in [0.717, 1.165) is 40.4 Å². The molecule has 1 aliphatic rings. The number of hydrogen-bond acceptors (Lipinski definition) is 6. The molecule has 32 heavy (non-hydrogen) atoms. The van der Waals surface area contributed by atoms with E-state index in [-0.39, 0.29) is 6.04 Å². The molecule has 0 unspecified atom stereocenters. The van der Waals surface area contributed by atoms with Crippen LogP contribution in [0.25, 0.3) is 21.9 Å². The Bertz CT molecular complexity index is 1240. The quantitative estimate of drug-likeness (QED) is 0.528. The number of fused-ring (bicyclic) bond motifs is 1. The Balaban J connectivity index is 1.63. The highest BCUT2D eigenvalue weighted by molar-refractivity contribution is 7.88. The molecule has 0 atom stereocenters. The maximum atomic E-state index is 11.8. The number of piperidine rings is 1. The van der Waals surface area contributed by atoms with E-state index in [2.05, 4.69) is 27.8 Å². The number of hydrogen-bond donors (Lipinski definition) is 3. The Kier molecular flexibility index (Phi) is 6.40. The predicted molar refractivity (Wildman–Crippen MR) is 126 cm³/mol. The fourth-order valence-corrected chi connectivity index (χ4v) is 4.89. The summed E-state index contributed by atoms with van der Waals surface area (Å²) in [5.41, 5.74) is 3.45. The van der Waals surface area contributed by atoms with E-state index in [4.69, 9.17) is 5.11 Å². The van der Waals surface area contributed by atoms with Crippen LogP contribution in [0.5, 0.6) is 0 Å². The van der Waals surface area contributed by atoms with Gasteiger partial charge in [0.2, 0.25) is 15.9 Å². The molecule has 9 heteroatoms. The van der Waals surface area contributed by atoms with Crippen LogP contribution in [0.4, 0.5) is 11.4 Å². The maximum Gasteiger partial charge on any atom is 0.250 e. The Morgan fingerprint density at radius 3 is 2.66 bits per heavy atom. The van der Waals surface area contributed by atoms with E-state index in [1.807, 2.05) is 30.5 Å². The number of nitrogens with zero attached hydrogens (tertiary/aromatic N) is 2. The summed E-state index contributed by atoms with van der Waals surface area (Å²) in [6.07, 6.45) is 6.27.